The van der Waals surface area contributed by atoms with E-state index in [0.29, 0.717) is 23.3 Å². The van der Waals surface area contributed by atoms with Crippen LogP contribution >= 0.6 is 0 Å². The highest BCUT2D eigenvalue weighted by atomic mass is 32.2. The SMILES string of the molecule is CC(c1nc(-c2ccc(F)cc2)c(-c2ccc(S(C)(=O)=O)cc2)o1)C1CCCCC1. The van der Waals surface area contributed by atoms with Gasteiger partial charge in [0, 0.05) is 23.3 Å². The Morgan fingerprint density at radius 3 is 2.17 bits per heavy atom. The molecule has 30 heavy (non-hydrogen) atoms. The molecule has 3 aromatic rings. The van der Waals surface area contributed by atoms with Crippen molar-refractivity contribution in [1.82, 2.24) is 4.98 Å². The maximum Gasteiger partial charge on any atom is 0.198 e. The van der Waals surface area contributed by atoms with E-state index in [1.807, 2.05) is 0 Å². The zero-order valence-corrected chi connectivity index (χ0v) is 18.1. The van der Waals surface area contributed by atoms with Crippen molar-refractivity contribution >= 4 is 9.84 Å². The summed E-state index contributed by atoms with van der Waals surface area (Å²) in [6.45, 7) is 2.16. The van der Waals surface area contributed by atoms with Gasteiger partial charge in [0.2, 0.25) is 0 Å². The topological polar surface area (TPSA) is 60.2 Å². The first-order chi connectivity index (χ1) is 14.3. The summed E-state index contributed by atoms with van der Waals surface area (Å²) in [6.07, 6.45) is 7.29. The third-order valence-electron chi connectivity index (χ3n) is 6.05. The predicted octanol–water partition coefficient (Wildman–Crippen LogP) is 6.24. The largest absolute Gasteiger partial charge is 0.440 e. The Balaban J connectivity index is 1.77. The first kappa shape index (κ1) is 20.8. The van der Waals surface area contributed by atoms with Gasteiger partial charge in [-0.15, -0.1) is 0 Å². The molecule has 1 unspecified atom stereocenters. The molecule has 0 radical (unpaired) electrons. The lowest BCUT2D eigenvalue weighted by atomic mass is 9.81. The number of sulfone groups is 1. The Bertz CT molecular complexity index is 1110. The predicted molar refractivity (Wildman–Crippen MR) is 115 cm³/mol. The fourth-order valence-corrected chi connectivity index (χ4v) is 4.85. The molecule has 1 aliphatic carbocycles. The van der Waals surface area contributed by atoms with Crippen LogP contribution in [-0.4, -0.2) is 19.7 Å². The van der Waals surface area contributed by atoms with E-state index in [-0.39, 0.29) is 16.6 Å². The normalized spacial score (nSPS) is 16.5. The van der Waals surface area contributed by atoms with Crippen LogP contribution < -0.4 is 0 Å². The summed E-state index contributed by atoms with van der Waals surface area (Å²) >= 11 is 0. The molecule has 4 nitrogen and oxygen atoms in total. The first-order valence-electron chi connectivity index (χ1n) is 10.4. The van der Waals surface area contributed by atoms with Crippen molar-refractivity contribution in [2.24, 2.45) is 5.92 Å². The highest BCUT2D eigenvalue weighted by Gasteiger charge is 2.27. The summed E-state index contributed by atoms with van der Waals surface area (Å²) < 4.78 is 43.3. The van der Waals surface area contributed by atoms with Crippen molar-refractivity contribution in [1.29, 1.82) is 0 Å². The average Bonchev–Trinajstić information content (AvgIpc) is 3.19. The molecule has 1 atom stereocenters. The first-order valence-corrected chi connectivity index (χ1v) is 12.3. The third-order valence-corrected chi connectivity index (χ3v) is 7.18. The molecule has 1 heterocycles. The van der Waals surface area contributed by atoms with Gasteiger partial charge in [-0.25, -0.2) is 17.8 Å². The van der Waals surface area contributed by atoms with Crippen molar-refractivity contribution in [3.05, 3.63) is 60.2 Å². The van der Waals surface area contributed by atoms with Gasteiger partial charge >= 0.3 is 0 Å². The fourth-order valence-electron chi connectivity index (χ4n) is 4.22. The van der Waals surface area contributed by atoms with Crippen molar-refractivity contribution in [3.8, 4) is 22.6 Å². The zero-order valence-electron chi connectivity index (χ0n) is 17.3. The van der Waals surface area contributed by atoms with Gasteiger partial charge in [0.05, 0.1) is 4.90 Å². The molecule has 0 spiro atoms. The van der Waals surface area contributed by atoms with E-state index in [1.54, 1.807) is 36.4 Å². The maximum absolute atomic E-state index is 13.5. The smallest absolute Gasteiger partial charge is 0.198 e. The Kier molecular flexibility index (Phi) is 5.78. The molecule has 2 aromatic carbocycles. The molecule has 1 fully saturated rings. The summed E-state index contributed by atoms with van der Waals surface area (Å²) in [5.41, 5.74) is 2.17. The molecule has 0 saturated heterocycles. The highest BCUT2D eigenvalue weighted by Crippen LogP contribution is 2.40. The molecule has 1 aliphatic rings. The van der Waals surface area contributed by atoms with Gasteiger partial charge in [-0.3, -0.25) is 0 Å². The molecule has 1 aromatic heterocycles. The molecule has 0 N–H and O–H groups in total. The Labute approximate surface area is 177 Å². The maximum atomic E-state index is 13.5. The molecule has 0 bridgehead atoms. The average molecular weight is 428 g/mol. The number of oxazole rings is 1. The summed E-state index contributed by atoms with van der Waals surface area (Å²) in [6, 6.07) is 12.8. The Morgan fingerprint density at radius 1 is 0.967 bits per heavy atom. The number of benzene rings is 2. The molecule has 1 saturated carbocycles. The number of hydrogen-bond acceptors (Lipinski definition) is 4. The minimum Gasteiger partial charge on any atom is -0.440 e. The molecule has 4 rings (SSSR count). The highest BCUT2D eigenvalue weighted by molar-refractivity contribution is 7.90. The van der Waals surface area contributed by atoms with Crippen molar-refractivity contribution in [2.45, 2.75) is 49.8 Å². The molecular formula is C24H26FNO3S. The van der Waals surface area contributed by atoms with Gasteiger partial charge in [0.1, 0.15) is 11.5 Å². The van der Waals surface area contributed by atoms with Crippen LogP contribution in [0.2, 0.25) is 0 Å². The van der Waals surface area contributed by atoms with Gasteiger partial charge in [-0.05, 0) is 67.3 Å². The second kappa shape index (κ2) is 8.34. The van der Waals surface area contributed by atoms with E-state index in [2.05, 4.69) is 6.92 Å². The van der Waals surface area contributed by atoms with Gasteiger partial charge in [-0.2, -0.15) is 0 Å². The fraction of sp³-hybridized carbons (Fsp3) is 0.375. The molecular weight excluding hydrogens is 401 g/mol. The molecule has 0 amide bonds. The summed E-state index contributed by atoms with van der Waals surface area (Å²) in [4.78, 5) is 5.08. The van der Waals surface area contributed by atoms with Gasteiger partial charge in [0.25, 0.3) is 0 Å². The van der Waals surface area contributed by atoms with E-state index in [4.69, 9.17) is 9.40 Å². The van der Waals surface area contributed by atoms with E-state index >= 15 is 0 Å². The van der Waals surface area contributed by atoms with Gasteiger partial charge < -0.3 is 4.42 Å². The van der Waals surface area contributed by atoms with E-state index < -0.39 is 9.84 Å². The lowest BCUT2D eigenvalue weighted by molar-refractivity contribution is 0.284. The van der Waals surface area contributed by atoms with Crippen LogP contribution in [0.25, 0.3) is 22.6 Å². The van der Waals surface area contributed by atoms with Gasteiger partial charge in [-0.1, -0.05) is 26.2 Å². The minimum atomic E-state index is -3.28. The number of rotatable bonds is 5. The number of hydrogen-bond donors (Lipinski definition) is 0. The monoisotopic (exact) mass is 427 g/mol. The van der Waals surface area contributed by atoms with Crippen LogP contribution in [-0.2, 0) is 9.84 Å². The standard InChI is InChI=1S/C24H26FNO3S/c1-16(17-6-4-3-5-7-17)24-26-22(18-8-12-20(25)13-9-18)23(29-24)19-10-14-21(15-11-19)30(2,27)28/h8-17H,3-7H2,1-2H3. The molecule has 6 heteroatoms. The number of halogens is 1. The summed E-state index contributed by atoms with van der Waals surface area (Å²) in [7, 11) is -3.28. The third kappa shape index (κ3) is 4.33. The lowest BCUT2D eigenvalue weighted by Gasteiger charge is -2.25. The van der Waals surface area contributed by atoms with Crippen molar-refractivity contribution < 1.29 is 17.2 Å². The lowest BCUT2D eigenvalue weighted by Crippen LogP contribution is -2.14. The van der Waals surface area contributed by atoms with Crippen LogP contribution in [0.3, 0.4) is 0 Å². The van der Waals surface area contributed by atoms with E-state index in [1.165, 1.54) is 50.5 Å². The quantitative estimate of drug-likeness (QED) is 0.484. The van der Waals surface area contributed by atoms with Gasteiger partial charge in [0.15, 0.2) is 21.5 Å². The minimum absolute atomic E-state index is 0.188. The number of nitrogens with zero attached hydrogens (tertiary/aromatic N) is 1. The second-order valence-electron chi connectivity index (χ2n) is 8.22. The van der Waals surface area contributed by atoms with Crippen LogP contribution in [0.4, 0.5) is 4.39 Å². The Hall–Kier alpha value is -2.47. The second-order valence-corrected chi connectivity index (χ2v) is 10.2. The summed E-state index contributed by atoms with van der Waals surface area (Å²) in [5, 5.41) is 0. The number of aromatic nitrogens is 1. The van der Waals surface area contributed by atoms with Crippen molar-refractivity contribution in [3.63, 3.8) is 0 Å². The van der Waals surface area contributed by atoms with Crippen LogP contribution in [0.15, 0.2) is 57.8 Å². The van der Waals surface area contributed by atoms with Crippen LogP contribution in [0.5, 0.6) is 0 Å². The van der Waals surface area contributed by atoms with Crippen LogP contribution in [0, 0.1) is 11.7 Å². The van der Waals surface area contributed by atoms with Crippen molar-refractivity contribution in [2.75, 3.05) is 6.26 Å². The summed E-state index contributed by atoms with van der Waals surface area (Å²) in [5.74, 6) is 1.69. The zero-order chi connectivity index (χ0) is 21.3. The molecule has 0 aliphatic heterocycles. The van der Waals surface area contributed by atoms with Crippen LogP contribution in [0.1, 0.15) is 50.8 Å². The Morgan fingerprint density at radius 2 is 1.57 bits per heavy atom. The molecule has 158 valence electrons. The van der Waals surface area contributed by atoms with E-state index in [0.717, 1.165) is 11.1 Å². The van der Waals surface area contributed by atoms with E-state index in [9.17, 15) is 12.8 Å².